The molecule has 1 N–H and O–H groups in total. The largest absolute Gasteiger partial charge is 0.322 e. The van der Waals surface area contributed by atoms with Crippen LogP contribution >= 0.6 is 11.6 Å². The van der Waals surface area contributed by atoms with Gasteiger partial charge in [-0.25, -0.2) is 0 Å². The molecule has 0 aliphatic rings. The maximum atomic E-state index is 12.1. The van der Waals surface area contributed by atoms with Gasteiger partial charge in [-0.1, -0.05) is 17.7 Å². The second kappa shape index (κ2) is 5.19. The number of pyridine rings is 1. The van der Waals surface area contributed by atoms with Crippen LogP contribution in [-0.4, -0.2) is 10.9 Å². The van der Waals surface area contributed by atoms with Crippen molar-refractivity contribution < 1.29 is 4.79 Å². The van der Waals surface area contributed by atoms with Gasteiger partial charge in [-0.05, 0) is 43.2 Å². The topological polar surface area (TPSA) is 42.0 Å². The minimum Gasteiger partial charge on any atom is -0.322 e. The van der Waals surface area contributed by atoms with Gasteiger partial charge in [0, 0.05) is 23.1 Å². The van der Waals surface area contributed by atoms with Crippen LogP contribution in [0.15, 0.2) is 36.7 Å². The molecule has 0 fully saturated rings. The first-order valence-electron chi connectivity index (χ1n) is 5.56. The van der Waals surface area contributed by atoms with Gasteiger partial charge in [-0.3, -0.25) is 9.78 Å². The predicted molar refractivity (Wildman–Crippen MR) is 73.1 cm³/mol. The Morgan fingerprint density at radius 3 is 2.72 bits per heavy atom. The van der Waals surface area contributed by atoms with E-state index in [4.69, 9.17) is 11.6 Å². The van der Waals surface area contributed by atoms with Crippen molar-refractivity contribution in [2.75, 3.05) is 5.32 Å². The zero-order valence-electron chi connectivity index (χ0n) is 10.2. The summed E-state index contributed by atoms with van der Waals surface area (Å²) >= 11 is 5.91. The van der Waals surface area contributed by atoms with Crippen LogP contribution in [0.2, 0.25) is 5.02 Å². The molecule has 1 heterocycles. The van der Waals surface area contributed by atoms with E-state index in [1.807, 2.05) is 19.9 Å². The summed E-state index contributed by atoms with van der Waals surface area (Å²) in [7, 11) is 0. The molecule has 0 atom stereocenters. The maximum absolute atomic E-state index is 12.1. The molecular formula is C14H13ClN2O. The average Bonchev–Trinajstić information content (AvgIpc) is 2.34. The summed E-state index contributed by atoms with van der Waals surface area (Å²) in [6, 6.07) is 7.20. The molecule has 0 saturated heterocycles. The van der Waals surface area contributed by atoms with E-state index in [2.05, 4.69) is 10.3 Å². The van der Waals surface area contributed by atoms with Crippen LogP contribution in [0, 0.1) is 13.8 Å². The van der Waals surface area contributed by atoms with Crippen LogP contribution in [0.3, 0.4) is 0 Å². The number of nitrogens with zero attached hydrogens (tertiary/aromatic N) is 1. The SMILES string of the molecule is Cc1ccc(Cl)cc1NC(=O)c1cnccc1C. The van der Waals surface area contributed by atoms with Gasteiger partial charge in [0.2, 0.25) is 0 Å². The van der Waals surface area contributed by atoms with E-state index in [-0.39, 0.29) is 5.91 Å². The van der Waals surface area contributed by atoms with Gasteiger partial charge in [0.05, 0.1) is 5.56 Å². The van der Waals surface area contributed by atoms with E-state index in [1.165, 1.54) is 0 Å². The van der Waals surface area contributed by atoms with E-state index in [0.717, 1.165) is 16.8 Å². The number of halogens is 1. The van der Waals surface area contributed by atoms with Crippen LogP contribution in [0.25, 0.3) is 0 Å². The molecular weight excluding hydrogens is 248 g/mol. The standard InChI is InChI=1S/C14H13ClN2O/c1-9-5-6-16-8-12(9)14(18)17-13-7-11(15)4-3-10(13)2/h3-8H,1-2H3,(H,17,18). The molecule has 0 aliphatic carbocycles. The molecule has 0 saturated carbocycles. The highest BCUT2D eigenvalue weighted by Crippen LogP contribution is 2.21. The minimum atomic E-state index is -0.175. The fourth-order valence-electron chi connectivity index (χ4n) is 1.62. The summed E-state index contributed by atoms with van der Waals surface area (Å²) in [6.07, 6.45) is 3.22. The molecule has 2 aromatic rings. The summed E-state index contributed by atoms with van der Waals surface area (Å²) in [6.45, 7) is 3.80. The Labute approximate surface area is 111 Å². The number of hydrogen-bond donors (Lipinski definition) is 1. The van der Waals surface area contributed by atoms with Crippen molar-refractivity contribution in [2.45, 2.75) is 13.8 Å². The summed E-state index contributed by atoms with van der Waals surface area (Å²) in [5, 5.41) is 3.44. The Bertz CT molecular complexity index is 596. The van der Waals surface area contributed by atoms with E-state index in [0.29, 0.717) is 10.6 Å². The third kappa shape index (κ3) is 2.68. The number of carbonyl (C=O) groups excluding carboxylic acids is 1. The normalized spacial score (nSPS) is 10.2. The zero-order valence-corrected chi connectivity index (χ0v) is 11.0. The van der Waals surface area contributed by atoms with Crippen LogP contribution in [0.1, 0.15) is 21.5 Å². The lowest BCUT2D eigenvalue weighted by molar-refractivity contribution is 0.102. The number of anilines is 1. The number of amides is 1. The fraction of sp³-hybridized carbons (Fsp3) is 0.143. The predicted octanol–water partition coefficient (Wildman–Crippen LogP) is 3.60. The van der Waals surface area contributed by atoms with Crippen molar-refractivity contribution in [3.8, 4) is 0 Å². The molecule has 4 heteroatoms. The quantitative estimate of drug-likeness (QED) is 0.896. The molecule has 1 aromatic carbocycles. The number of rotatable bonds is 2. The fourth-order valence-corrected chi connectivity index (χ4v) is 1.79. The number of carbonyl (C=O) groups is 1. The lowest BCUT2D eigenvalue weighted by atomic mass is 10.1. The number of hydrogen-bond acceptors (Lipinski definition) is 2. The molecule has 0 aliphatic heterocycles. The van der Waals surface area contributed by atoms with Gasteiger partial charge in [-0.15, -0.1) is 0 Å². The molecule has 0 spiro atoms. The minimum absolute atomic E-state index is 0.175. The Balaban J connectivity index is 2.27. The lowest BCUT2D eigenvalue weighted by Gasteiger charge is -2.09. The maximum Gasteiger partial charge on any atom is 0.257 e. The second-order valence-electron chi connectivity index (χ2n) is 4.10. The van der Waals surface area contributed by atoms with Crippen molar-refractivity contribution in [3.63, 3.8) is 0 Å². The number of benzene rings is 1. The van der Waals surface area contributed by atoms with E-state index in [1.54, 1.807) is 30.6 Å². The third-order valence-electron chi connectivity index (χ3n) is 2.73. The molecule has 2 rings (SSSR count). The number of aromatic nitrogens is 1. The average molecular weight is 261 g/mol. The molecule has 18 heavy (non-hydrogen) atoms. The van der Waals surface area contributed by atoms with E-state index >= 15 is 0 Å². The molecule has 92 valence electrons. The number of aryl methyl sites for hydroxylation is 2. The Kier molecular flexibility index (Phi) is 3.63. The monoisotopic (exact) mass is 260 g/mol. The Morgan fingerprint density at radius 1 is 1.22 bits per heavy atom. The van der Waals surface area contributed by atoms with Crippen LogP contribution in [0.5, 0.6) is 0 Å². The Morgan fingerprint density at radius 2 is 2.00 bits per heavy atom. The van der Waals surface area contributed by atoms with Crippen molar-refractivity contribution >= 4 is 23.2 Å². The van der Waals surface area contributed by atoms with Crippen molar-refractivity contribution in [2.24, 2.45) is 0 Å². The van der Waals surface area contributed by atoms with Gasteiger partial charge in [-0.2, -0.15) is 0 Å². The highest BCUT2D eigenvalue weighted by molar-refractivity contribution is 6.31. The lowest BCUT2D eigenvalue weighted by Crippen LogP contribution is -2.14. The zero-order chi connectivity index (χ0) is 13.1. The molecule has 1 amide bonds. The summed E-state index contributed by atoms with van der Waals surface area (Å²) in [5.41, 5.74) is 3.14. The molecule has 1 aromatic heterocycles. The molecule has 3 nitrogen and oxygen atoms in total. The van der Waals surface area contributed by atoms with Crippen LogP contribution < -0.4 is 5.32 Å². The van der Waals surface area contributed by atoms with Gasteiger partial charge in [0.25, 0.3) is 5.91 Å². The van der Waals surface area contributed by atoms with Crippen LogP contribution in [0.4, 0.5) is 5.69 Å². The Hall–Kier alpha value is -1.87. The molecule has 0 unspecified atom stereocenters. The first-order valence-corrected chi connectivity index (χ1v) is 5.94. The van der Waals surface area contributed by atoms with Gasteiger partial charge >= 0.3 is 0 Å². The summed E-state index contributed by atoms with van der Waals surface area (Å²) in [5.74, 6) is -0.175. The van der Waals surface area contributed by atoms with Gasteiger partial charge in [0.1, 0.15) is 0 Å². The second-order valence-corrected chi connectivity index (χ2v) is 4.54. The van der Waals surface area contributed by atoms with Crippen molar-refractivity contribution in [1.82, 2.24) is 4.98 Å². The highest BCUT2D eigenvalue weighted by atomic mass is 35.5. The van der Waals surface area contributed by atoms with Crippen molar-refractivity contribution in [3.05, 3.63) is 58.4 Å². The molecule has 0 radical (unpaired) electrons. The first-order chi connectivity index (χ1) is 8.58. The smallest absolute Gasteiger partial charge is 0.257 e. The van der Waals surface area contributed by atoms with Crippen molar-refractivity contribution in [1.29, 1.82) is 0 Å². The van der Waals surface area contributed by atoms with Gasteiger partial charge < -0.3 is 5.32 Å². The highest BCUT2D eigenvalue weighted by Gasteiger charge is 2.10. The first kappa shape index (κ1) is 12.6. The number of nitrogens with one attached hydrogen (secondary N) is 1. The van der Waals surface area contributed by atoms with E-state index in [9.17, 15) is 4.79 Å². The third-order valence-corrected chi connectivity index (χ3v) is 2.97. The summed E-state index contributed by atoms with van der Waals surface area (Å²) in [4.78, 5) is 16.1. The van der Waals surface area contributed by atoms with Crippen LogP contribution in [-0.2, 0) is 0 Å². The van der Waals surface area contributed by atoms with E-state index < -0.39 is 0 Å². The summed E-state index contributed by atoms with van der Waals surface area (Å²) < 4.78 is 0. The molecule has 0 bridgehead atoms. The van der Waals surface area contributed by atoms with Gasteiger partial charge in [0.15, 0.2) is 0 Å².